The highest BCUT2D eigenvalue weighted by Gasteiger charge is 2.35. The Balaban J connectivity index is 1.64. The molecule has 2 fully saturated rings. The van der Waals surface area contributed by atoms with Gasteiger partial charge in [-0.15, -0.1) is 0 Å². The normalized spacial score (nSPS) is 23.6. The van der Waals surface area contributed by atoms with Gasteiger partial charge in [0.25, 0.3) is 5.91 Å². The summed E-state index contributed by atoms with van der Waals surface area (Å²) in [5, 5.41) is 9.19. The van der Waals surface area contributed by atoms with Gasteiger partial charge in [0.15, 0.2) is 0 Å². The summed E-state index contributed by atoms with van der Waals surface area (Å²) in [5.74, 6) is -2.34. The molecule has 3 rings (SSSR count). The van der Waals surface area contributed by atoms with Gasteiger partial charge >= 0.3 is 5.97 Å². The Kier molecular flexibility index (Phi) is 5.54. The highest BCUT2D eigenvalue weighted by molar-refractivity contribution is 5.94. The number of benzene rings is 1. The number of rotatable bonds is 3. The van der Waals surface area contributed by atoms with Crippen LogP contribution in [0, 0.1) is 17.7 Å². The maximum absolute atomic E-state index is 13.0. The topological polar surface area (TPSA) is 77.9 Å². The number of amides is 2. The highest BCUT2D eigenvalue weighted by atomic mass is 19.1. The molecule has 0 radical (unpaired) electrons. The lowest BCUT2D eigenvalue weighted by Gasteiger charge is -2.37. The zero-order chi connectivity index (χ0) is 18.7. The average Bonchev–Trinajstić information content (AvgIpc) is 2.67. The van der Waals surface area contributed by atoms with Gasteiger partial charge < -0.3 is 14.9 Å². The molecule has 26 heavy (non-hydrogen) atoms. The molecule has 0 saturated carbocycles. The summed E-state index contributed by atoms with van der Waals surface area (Å²) < 4.78 is 13.0. The summed E-state index contributed by atoms with van der Waals surface area (Å²) in [6.07, 6.45) is 2.70. The Morgan fingerprint density at radius 3 is 2.15 bits per heavy atom. The van der Waals surface area contributed by atoms with Gasteiger partial charge in [-0.25, -0.2) is 4.39 Å². The Labute approximate surface area is 151 Å². The van der Waals surface area contributed by atoms with Crippen LogP contribution in [0.15, 0.2) is 24.3 Å². The van der Waals surface area contributed by atoms with E-state index in [9.17, 15) is 23.9 Å². The van der Waals surface area contributed by atoms with Crippen LogP contribution in [0.25, 0.3) is 0 Å². The number of carboxylic acid groups (broad SMARTS) is 1. The molecular weight excluding hydrogens is 339 g/mol. The van der Waals surface area contributed by atoms with E-state index in [0.29, 0.717) is 44.5 Å². The third kappa shape index (κ3) is 4.03. The maximum Gasteiger partial charge on any atom is 0.308 e. The second kappa shape index (κ2) is 7.85. The number of hydrogen-bond acceptors (Lipinski definition) is 3. The van der Waals surface area contributed by atoms with Gasteiger partial charge in [-0.1, -0.05) is 0 Å². The standard InChI is InChI=1S/C19H23FN2O4/c20-16-7-5-13(6-8-16)17(23)21-9-1-3-14(11-21)18(24)22-10-2-4-15(12-22)19(25)26/h5-8,14-15H,1-4,9-12H2,(H,25,26). The van der Waals surface area contributed by atoms with Crippen molar-refractivity contribution in [1.29, 1.82) is 0 Å². The molecule has 2 atom stereocenters. The molecule has 0 bridgehead atoms. The van der Waals surface area contributed by atoms with Gasteiger partial charge in [0.1, 0.15) is 5.82 Å². The predicted molar refractivity (Wildman–Crippen MR) is 92.0 cm³/mol. The van der Waals surface area contributed by atoms with Crippen molar-refractivity contribution in [3.63, 3.8) is 0 Å². The number of halogens is 1. The maximum atomic E-state index is 13.0. The quantitative estimate of drug-likeness (QED) is 0.892. The van der Waals surface area contributed by atoms with E-state index in [1.165, 1.54) is 24.3 Å². The summed E-state index contributed by atoms with van der Waals surface area (Å²) in [6.45, 7) is 1.71. The lowest BCUT2D eigenvalue weighted by Crippen LogP contribution is -2.50. The van der Waals surface area contributed by atoms with Crippen LogP contribution in [0.2, 0.25) is 0 Å². The minimum absolute atomic E-state index is 0.0624. The van der Waals surface area contributed by atoms with E-state index in [1.54, 1.807) is 9.80 Å². The Hall–Kier alpha value is -2.44. The number of carbonyl (C=O) groups is 3. The van der Waals surface area contributed by atoms with Crippen molar-refractivity contribution in [2.75, 3.05) is 26.2 Å². The van der Waals surface area contributed by atoms with E-state index in [2.05, 4.69) is 0 Å². The molecule has 2 amide bonds. The molecule has 0 aromatic heterocycles. The van der Waals surface area contributed by atoms with Crippen molar-refractivity contribution in [3.8, 4) is 0 Å². The van der Waals surface area contributed by atoms with Crippen molar-refractivity contribution in [3.05, 3.63) is 35.6 Å². The minimum Gasteiger partial charge on any atom is -0.481 e. The largest absolute Gasteiger partial charge is 0.481 e. The molecule has 7 heteroatoms. The number of aliphatic carboxylic acids is 1. The third-order valence-electron chi connectivity index (χ3n) is 5.23. The van der Waals surface area contributed by atoms with Gasteiger partial charge in [-0.3, -0.25) is 14.4 Å². The number of nitrogens with zero attached hydrogens (tertiary/aromatic N) is 2. The van der Waals surface area contributed by atoms with Crippen molar-refractivity contribution in [1.82, 2.24) is 9.80 Å². The summed E-state index contributed by atoms with van der Waals surface area (Å²) in [5.41, 5.74) is 0.406. The van der Waals surface area contributed by atoms with E-state index >= 15 is 0 Å². The highest BCUT2D eigenvalue weighted by Crippen LogP contribution is 2.24. The SMILES string of the molecule is O=C(O)C1CCCN(C(=O)C2CCCN(C(=O)c3ccc(F)cc3)C2)C1. The Morgan fingerprint density at radius 2 is 1.50 bits per heavy atom. The van der Waals surface area contributed by atoms with Gasteiger partial charge in [0.05, 0.1) is 11.8 Å². The van der Waals surface area contributed by atoms with Crippen LogP contribution in [-0.2, 0) is 9.59 Å². The number of piperidine rings is 2. The van der Waals surface area contributed by atoms with Gasteiger partial charge in [-0.05, 0) is 49.9 Å². The first kappa shape index (κ1) is 18.4. The molecule has 0 aliphatic carbocycles. The van der Waals surface area contributed by atoms with Crippen molar-refractivity contribution in [2.45, 2.75) is 25.7 Å². The molecule has 2 aliphatic rings. The molecule has 2 heterocycles. The van der Waals surface area contributed by atoms with Crippen LogP contribution in [0.1, 0.15) is 36.0 Å². The molecule has 6 nitrogen and oxygen atoms in total. The van der Waals surface area contributed by atoms with Crippen molar-refractivity contribution in [2.24, 2.45) is 11.8 Å². The van der Waals surface area contributed by atoms with Crippen LogP contribution in [0.4, 0.5) is 4.39 Å². The van der Waals surface area contributed by atoms with Crippen molar-refractivity contribution >= 4 is 17.8 Å². The fourth-order valence-electron chi connectivity index (χ4n) is 3.78. The van der Waals surface area contributed by atoms with E-state index in [1.807, 2.05) is 0 Å². The van der Waals surface area contributed by atoms with Gasteiger partial charge in [0, 0.05) is 31.7 Å². The van der Waals surface area contributed by atoms with E-state index in [4.69, 9.17) is 0 Å². The molecule has 0 spiro atoms. The molecular formula is C19H23FN2O4. The molecule has 2 unspecified atom stereocenters. The van der Waals surface area contributed by atoms with Crippen molar-refractivity contribution < 1.29 is 23.9 Å². The first-order valence-corrected chi connectivity index (χ1v) is 9.02. The summed E-state index contributed by atoms with van der Waals surface area (Å²) >= 11 is 0. The minimum atomic E-state index is -0.862. The summed E-state index contributed by atoms with van der Waals surface area (Å²) in [7, 11) is 0. The van der Waals surface area contributed by atoms with Crippen LogP contribution in [0.5, 0.6) is 0 Å². The van der Waals surface area contributed by atoms with E-state index in [-0.39, 0.29) is 24.3 Å². The van der Waals surface area contributed by atoms with Gasteiger partial charge in [0.2, 0.25) is 5.91 Å². The lowest BCUT2D eigenvalue weighted by molar-refractivity contribution is -0.147. The second-order valence-corrected chi connectivity index (χ2v) is 7.06. The second-order valence-electron chi connectivity index (χ2n) is 7.06. The van der Waals surface area contributed by atoms with Crippen LogP contribution < -0.4 is 0 Å². The van der Waals surface area contributed by atoms with E-state index in [0.717, 1.165) is 6.42 Å². The van der Waals surface area contributed by atoms with Crippen LogP contribution in [0.3, 0.4) is 0 Å². The first-order valence-electron chi connectivity index (χ1n) is 9.02. The molecule has 2 aliphatic heterocycles. The predicted octanol–water partition coefficient (Wildman–Crippen LogP) is 2.00. The molecule has 2 saturated heterocycles. The molecule has 1 aromatic rings. The molecule has 1 aromatic carbocycles. The number of hydrogen-bond donors (Lipinski definition) is 1. The zero-order valence-electron chi connectivity index (χ0n) is 14.6. The fraction of sp³-hybridized carbons (Fsp3) is 0.526. The Morgan fingerprint density at radius 1 is 0.923 bits per heavy atom. The number of likely N-dealkylation sites (tertiary alicyclic amines) is 2. The fourth-order valence-corrected chi connectivity index (χ4v) is 3.78. The van der Waals surface area contributed by atoms with Gasteiger partial charge in [-0.2, -0.15) is 0 Å². The lowest BCUT2D eigenvalue weighted by atomic mass is 9.92. The average molecular weight is 362 g/mol. The molecule has 1 N–H and O–H groups in total. The number of carbonyl (C=O) groups excluding carboxylic acids is 2. The first-order chi connectivity index (χ1) is 12.5. The van der Waals surface area contributed by atoms with Crippen LogP contribution in [-0.4, -0.2) is 58.9 Å². The summed E-state index contributed by atoms with van der Waals surface area (Å²) in [4.78, 5) is 39.9. The van der Waals surface area contributed by atoms with Crippen LogP contribution >= 0.6 is 0 Å². The Bertz CT molecular complexity index is 691. The van der Waals surface area contributed by atoms with E-state index < -0.39 is 17.7 Å². The smallest absolute Gasteiger partial charge is 0.308 e. The monoisotopic (exact) mass is 362 g/mol. The summed E-state index contributed by atoms with van der Waals surface area (Å²) in [6, 6.07) is 5.40. The zero-order valence-corrected chi connectivity index (χ0v) is 14.6. The number of carboxylic acids is 1. The molecule has 140 valence electrons. The third-order valence-corrected chi connectivity index (χ3v) is 5.23.